The largest absolute Gasteiger partial charge is 0.354 e. The molecule has 0 N–H and O–H groups in total. The SMILES string of the molecule is CCOP(=O)(/C=C/C(=O)c1ccc(Br)cc1)OCC. The highest BCUT2D eigenvalue weighted by Crippen LogP contribution is 2.49. The molecular formula is C13H16BrO4P. The van der Waals surface area contributed by atoms with Gasteiger partial charge in [-0.2, -0.15) is 0 Å². The van der Waals surface area contributed by atoms with E-state index >= 15 is 0 Å². The maximum Gasteiger partial charge on any atom is 0.354 e. The first kappa shape index (κ1) is 16.3. The lowest BCUT2D eigenvalue weighted by Gasteiger charge is -2.12. The monoisotopic (exact) mass is 346 g/mol. The van der Waals surface area contributed by atoms with Gasteiger partial charge >= 0.3 is 7.60 Å². The smallest absolute Gasteiger partial charge is 0.306 e. The molecule has 1 rings (SSSR count). The quantitative estimate of drug-likeness (QED) is 0.416. The van der Waals surface area contributed by atoms with Crippen LogP contribution in [0.5, 0.6) is 0 Å². The van der Waals surface area contributed by atoms with E-state index in [1.807, 2.05) is 0 Å². The van der Waals surface area contributed by atoms with Gasteiger partial charge in [0.2, 0.25) is 0 Å². The Morgan fingerprint density at radius 3 is 2.21 bits per heavy atom. The third kappa shape index (κ3) is 5.41. The van der Waals surface area contributed by atoms with Gasteiger partial charge in [-0.15, -0.1) is 0 Å². The molecule has 6 heteroatoms. The molecule has 0 radical (unpaired) electrons. The lowest BCUT2D eigenvalue weighted by Crippen LogP contribution is -1.96. The standard InChI is InChI=1S/C13H16BrO4P/c1-3-17-19(16,18-4-2)10-9-13(15)11-5-7-12(14)8-6-11/h5-10H,3-4H2,1-2H3/b10-9+. The molecule has 1 aromatic carbocycles. The van der Waals surface area contributed by atoms with E-state index in [0.29, 0.717) is 5.56 Å². The summed E-state index contributed by atoms with van der Waals surface area (Å²) in [6, 6.07) is 6.91. The number of allylic oxidation sites excluding steroid dienone is 1. The second kappa shape index (κ2) is 7.75. The number of carbonyl (C=O) groups is 1. The van der Waals surface area contributed by atoms with Crippen LogP contribution in [0.1, 0.15) is 24.2 Å². The van der Waals surface area contributed by atoms with Crippen LogP contribution < -0.4 is 0 Å². The Morgan fingerprint density at radius 2 is 1.74 bits per heavy atom. The van der Waals surface area contributed by atoms with Gasteiger partial charge in [0.25, 0.3) is 0 Å². The van der Waals surface area contributed by atoms with Crippen LogP contribution in [0, 0.1) is 0 Å². The predicted octanol–water partition coefficient (Wildman–Crippen LogP) is 4.41. The zero-order valence-corrected chi connectivity index (χ0v) is 13.3. The Morgan fingerprint density at radius 1 is 1.21 bits per heavy atom. The second-order valence-electron chi connectivity index (χ2n) is 3.56. The Balaban J connectivity index is 2.81. The maximum atomic E-state index is 12.1. The number of ketones is 1. The summed E-state index contributed by atoms with van der Waals surface area (Å²) in [5.41, 5.74) is 0.513. The minimum absolute atomic E-state index is 0.243. The highest BCUT2D eigenvalue weighted by Gasteiger charge is 2.19. The summed E-state index contributed by atoms with van der Waals surface area (Å²) >= 11 is 3.29. The van der Waals surface area contributed by atoms with Gasteiger partial charge in [0.05, 0.1) is 13.2 Å². The zero-order valence-electron chi connectivity index (χ0n) is 10.8. The Kier molecular flexibility index (Phi) is 6.66. The lowest BCUT2D eigenvalue weighted by molar-refractivity contribution is 0.104. The van der Waals surface area contributed by atoms with Crippen molar-refractivity contribution in [3.63, 3.8) is 0 Å². The van der Waals surface area contributed by atoms with Crippen LogP contribution in [0.3, 0.4) is 0 Å². The summed E-state index contributed by atoms with van der Waals surface area (Å²) in [6.07, 6.45) is 1.23. The molecule has 0 aromatic heterocycles. The first-order valence-electron chi connectivity index (χ1n) is 5.88. The number of hydrogen-bond acceptors (Lipinski definition) is 4. The third-order valence-corrected chi connectivity index (χ3v) is 4.43. The molecule has 0 aliphatic rings. The van der Waals surface area contributed by atoms with Crippen molar-refractivity contribution in [2.75, 3.05) is 13.2 Å². The molecule has 1 aromatic rings. The van der Waals surface area contributed by atoms with Gasteiger partial charge in [0.15, 0.2) is 5.78 Å². The van der Waals surface area contributed by atoms with E-state index in [9.17, 15) is 9.36 Å². The van der Waals surface area contributed by atoms with Crippen LogP contribution in [0.15, 0.2) is 40.6 Å². The van der Waals surface area contributed by atoms with Gasteiger partial charge < -0.3 is 9.05 Å². The van der Waals surface area contributed by atoms with E-state index in [-0.39, 0.29) is 19.0 Å². The van der Waals surface area contributed by atoms with Crippen molar-refractivity contribution in [3.05, 3.63) is 46.2 Å². The molecule has 0 atom stereocenters. The summed E-state index contributed by atoms with van der Waals surface area (Å²) < 4.78 is 23.1. The summed E-state index contributed by atoms with van der Waals surface area (Å²) in [6.45, 7) is 3.95. The molecule has 19 heavy (non-hydrogen) atoms. The van der Waals surface area contributed by atoms with Gasteiger partial charge in [0, 0.05) is 15.9 Å². The van der Waals surface area contributed by atoms with E-state index < -0.39 is 7.60 Å². The number of carbonyl (C=O) groups excluding carboxylic acids is 1. The van der Waals surface area contributed by atoms with Crippen LogP contribution in [0.25, 0.3) is 0 Å². The zero-order chi connectivity index (χ0) is 14.3. The van der Waals surface area contributed by atoms with E-state index in [1.54, 1.807) is 38.1 Å². The molecule has 0 aliphatic carbocycles. The van der Waals surface area contributed by atoms with Crippen molar-refractivity contribution in [2.24, 2.45) is 0 Å². The molecule has 4 nitrogen and oxygen atoms in total. The van der Waals surface area contributed by atoms with Crippen molar-refractivity contribution in [2.45, 2.75) is 13.8 Å². The highest BCUT2D eigenvalue weighted by atomic mass is 79.9. The molecule has 104 valence electrons. The topological polar surface area (TPSA) is 52.6 Å². The first-order valence-corrected chi connectivity index (χ1v) is 8.29. The van der Waals surface area contributed by atoms with Crippen LogP contribution in [-0.2, 0) is 13.6 Å². The predicted molar refractivity (Wildman–Crippen MR) is 78.5 cm³/mol. The Hall–Kier alpha value is -0.740. The van der Waals surface area contributed by atoms with Gasteiger partial charge in [-0.1, -0.05) is 15.9 Å². The minimum atomic E-state index is -3.31. The fraction of sp³-hybridized carbons (Fsp3) is 0.308. The van der Waals surface area contributed by atoms with Crippen molar-refractivity contribution in [1.82, 2.24) is 0 Å². The van der Waals surface area contributed by atoms with Crippen molar-refractivity contribution in [3.8, 4) is 0 Å². The molecule has 0 bridgehead atoms. The molecule has 0 fully saturated rings. The van der Waals surface area contributed by atoms with E-state index in [4.69, 9.17) is 9.05 Å². The molecule has 0 unspecified atom stereocenters. The van der Waals surface area contributed by atoms with Crippen LogP contribution in [0.4, 0.5) is 0 Å². The van der Waals surface area contributed by atoms with Crippen LogP contribution >= 0.6 is 23.5 Å². The van der Waals surface area contributed by atoms with Crippen LogP contribution in [-0.4, -0.2) is 19.0 Å². The average Bonchev–Trinajstić information content (AvgIpc) is 2.37. The minimum Gasteiger partial charge on any atom is -0.306 e. The van der Waals surface area contributed by atoms with Gasteiger partial charge in [-0.3, -0.25) is 9.36 Å². The summed E-state index contributed by atoms with van der Waals surface area (Å²) in [5, 5.41) is 0. The number of hydrogen-bond donors (Lipinski definition) is 0. The second-order valence-corrected chi connectivity index (χ2v) is 6.37. The molecule has 0 saturated heterocycles. The molecular weight excluding hydrogens is 331 g/mol. The molecule has 0 amide bonds. The summed E-state index contributed by atoms with van der Waals surface area (Å²) in [4.78, 5) is 11.9. The van der Waals surface area contributed by atoms with Gasteiger partial charge in [-0.25, -0.2) is 0 Å². The number of rotatable bonds is 7. The highest BCUT2D eigenvalue weighted by molar-refractivity contribution is 9.10. The van der Waals surface area contributed by atoms with Crippen LogP contribution in [0.2, 0.25) is 0 Å². The maximum absolute atomic E-state index is 12.1. The van der Waals surface area contributed by atoms with Gasteiger partial charge in [0.1, 0.15) is 0 Å². The molecule has 0 saturated carbocycles. The lowest BCUT2D eigenvalue weighted by atomic mass is 10.1. The average molecular weight is 347 g/mol. The summed E-state index contributed by atoms with van der Waals surface area (Å²) in [7, 11) is -3.31. The Bertz CT molecular complexity index is 486. The number of benzene rings is 1. The van der Waals surface area contributed by atoms with E-state index in [0.717, 1.165) is 4.47 Å². The number of halogens is 1. The fourth-order valence-electron chi connectivity index (χ4n) is 1.35. The fourth-order valence-corrected chi connectivity index (χ4v) is 2.90. The Labute approximate surface area is 121 Å². The van der Waals surface area contributed by atoms with Gasteiger partial charge in [-0.05, 0) is 44.2 Å². The first-order chi connectivity index (χ1) is 9.00. The van der Waals surface area contributed by atoms with Crippen molar-refractivity contribution in [1.29, 1.82) is 0 Å². The molecule has 0 spiro atoms. The normalized spacial score (nSPS) is 11.9. The van der Waals surface area contributed by atoms with Crippen molar-refractivity contribution >= 4 is 29.3 Å². The van der Waals surface area contributed by atoms with E-state index in [2.05, 4.69) is 15.9 Å². The molecule has 0 aliphatic heterocycles. The summed E-state index contributed by atoms with van der Waals surface area (Å²) in [5.74, 6) is 0.969. The van der Waals surface area contributed by atoms with Crippen molar-refractivity contribution < 1.29 is 18.4 Å². The van der Waals surface area contributed by atoms with E-state index in [1.165, 1.54) is 11.9 Å². The molecule has 0 heterocycles. The third-order valence-electron chi connectivity index (χ3n) is 2.16.